The minimum Gasteiger partial charge on any atom is -0.456 e. The van der Waals surface area contributed by atoms with Gasteiger partial charge in [-0.3, -0.25) is 0 Å². The SMILES string of the molecule is Cc1cc2oc3cc(I)c(Br)cc3c2cc1Br. The van der Waals surface area contributed by atoms with Gasteiger partial charge in [-0.05, 0) is 75.3 Å². The van der Waals surface area contributed by atoms with E-state index in [1.165, 1.54) is 5.56 Å². The van der Waals surface area contributed by atoms with Crippen LogP contribution in [0.5, 0.6) is 0 Å². The zero-order chi connectivity index (χ0) is 12.2. The lowest BCUT2D eigenvalue weighted by Gasteiger charge is -1.97. The number of aryl methyl sites for hydroxylation is 1. The number of furan rings is 1. The smallest absolute Gasteiger partial charge is 0.136 e. The maximum atomic E-state index is 5.88. The van der Waals surface area contributed by atoms with Gasteiger partial charge < -0.3 is 4.42 Å². The lowest BCUT2D eigenvalue weighted by Crippen LogP contribution is -1.76. The largest absolute Gasteiger partial charge is 0.456 e. The van der Waals surface area contributed by atoms with Crippen molar-refractivity contribution in [2.45, 2.75) is 6.92 Å². The summed E-state index contributed by atoms with van der Waals surface area (Å²) < 4.78 is 9.25. The molecule has 1 aromatic heterocycles. The molecule has 86 valence electrons. The molecule has 0 spiro atoms. The van der Waals surface area contributed by atoms with E-state index in [4.69, 9.17) is 4.42 Å². The fourth-order valence-corrected chi connectivity index (χ4v) is 3.02. The van der Waals surface area contributed by atoms with Crippen LogP contribution in [0.2, 0.25) is 0 Å². The molecule has 0 aliphatic carbocycles. The Kier molecular flexibility index (Phi) is 2.99. The van der Waals surface area contributed by atoms with Gasteiger partial charge in [0.2, 0.25) is 0 Å². The lowest BCUT2D eigenvalue weighted by atomic mass is 10.1. The molecule has 0 saturated carbocycles. The van der Waals surface area contributed by atoms with Crippen molar-refractivity contribution in [2.75, 3.05) is 0 Å². The van der Waals surface area contributed by atoms with Crippen molar-refractivity contribution in [1.29, 1.82) is 0 Å². The maximum Gasteiger partial charge on any atom is 0.136 e. The van der Waals surface area contributed by atoms with E-state index in [2.05, 4.69) is 85.6 Å². The zero-order valence-corrected chi connectivity index (χ0v) is 14.2. The molecule has 0 radical (unpaired) electrons. The topological polar surface area (TPSA) is 13.1 Å². The molecule has 2 aromatic carbocycles. The Morgan fingerprint density at radius 3 is 2.24 bits per heavy atom. The molecular formula is C13H7Br2IO. The molecule has 0 aliphatic rings. The summed E-state index contributed by atoms with van der Waals surface area (Å²) in [7, 11) is 0. The fraction of sp³-hybridized carbons (Fsp3) is 0.0769. The Bertz CT molecular complexity index is 684. The minimum absolute atomic E-state index is 0.935. The second-order valence-electron chi connectivity index (χ2n) is 3.96. The summed E-state index contributed by atoms with van der Waals surface area (Å²) in [6, 6.07) is 8.36. The highest BCUT2D eigenvalue weighted by molar-refractivity contribution is 14.1. The third-order valence-electron chi connectivity index (χ3n) is 2.79. The Balaban J connectivity index is 2.51. The summed E-state index contributed by atoms with van der Waals surface area (Å²) in [6.07, 6.45) is 0. The molecule has 3 aromatic rings. The molecule has 0 N–H and O–H groups in total. The molecule has 1 heterocycles. The van der Waals surface area contributed by atoms with Crippen LogP contribution in [0.1, 0.15) is 5.56 Å². The van der Waals surface area contributed by atoms with Crippen LogP contribution in [0.4, 0.5) is 0 Å². The van der Waals surface area contributed by atoms with Gasteiger partial charge in [0, 0.05) is 23.3 Å². The Hall–Kier alpha value is -0.0700. The van der Waals surface area contributed by atoms with Crippen molar-refractivity contribution in [3.8, 4) is 0 Å². The average molecular weight is 466 g/mol. The van der Waals surface area contributed by atoms with Crippen LogP contribution in [0.25, 0.3) is 21.9 Å². The maximum absolute atomic E-state index is 5.88. The van der Waals surface area contributed by atoms with Crippen LogP contribution in [0, 0.1) is 10.5 Å². The van der Waals surface area contributed by atoms with E-state index < -0.39 is 0 Å². The predicted octanol–water partition coefficient (Wildman–Crippen LogP) is 6.02. The molecule has 17 heavy (non-hydrogen) atoms. The van der Waals surface area contributed by atoms with Gasteiger partial charge in [0.05, 0.1) is 0 Å². The van der Waals surface area contributed by atoms with Crippen LogP contribution in [0.15, 0.2) is 37.6 Å². The molecule has 1 nitrogen and oxygen atoms in total. The van der Waals surface area contributed by atoms with E-state index in [-0.39, 0.29) is 0 Å². The summed E-state index contributed by atoms with van der Waals surface area (Å²) in [5, 5.41) is 2.29. The zero-order valence-electron chi connectivity index (χ0n) is 8.85. The fourth-order valence-electron chi connectivity index (χ4n) is 1.89. The molecular weight excluding hydrogens is 459 g/mol. The summed E-state index contributed by atoms with van der Waals surface area (Å²) in [5.74, 6) is 0. The highest BCUT2D eigenvalue weighted by Gasteiger charge is 2.11. The number of benzene rings is 2. The number of fused-ring (bicyclic) bond motifs is 3. The van der Waals surface area contributed by atoms with Crippen molar-refractivity contribution >= 4 is 76.4 Å². The first-order valence-corrected chi connectivity index (χ1v) is 7.70. The van der Waals surface area contributed by atoms with Crippen molar-refractivity contribution in [3.05, 3.63) is 42.3 Å². The predicted molar refractivity (Wildman–Crippen MR) is 86.6 cm³/mol. The van der Waals surface area contributed by atoms with Crippen LogP contribution in [-0.4, -0.2) is 0 Å². The molecule has 0 saturated heterocycles. The van der Waals surface area contributed by atoms with Gasteiger partial charge in [-0.15, -0.1) is 0 Å². The number of rotatable bonds is 0. The number of hydrogen-bond donors (Lipinski definition) is 0. The number of hydrogen-bond acceptors (Lipinski definition) is 1. The van der Waals surface area contributed by atoms with E-state index >= 15 is 0 Å². The van der Waals surface area contributed by atoms with Crippen LogP contribution in [-0.2, 0) is 0 Å². The van der Waals surface area contributed by atoms with E-state index in [1.54, 1.807) is 0 Å². The summed E-state index contributed by atoms with van der Waals surface area (Å²) in [6.45, 7) is 2.07. The first-order chi connectivity index (χ1) is 8.06. The van der Waals surface area contributed by atoms with E-state index in [0.717, 1.165) is 34.5 Å². The Morgan fingerprint density at radius 2 is 1.53 bits per heavy atom. The van der Waals surface area contributed by atoms with Crippen molar-refractivity contribution < 1.29 is 4.42 Å². The second-order valence-corrected chi connectivity index (χ2v) is 6.83. The van der Waals surface area contributed by atoms with Gasteiger partial charge >= 0.3 is 0 Å². The highest BCUT2D eigenvalue weighted by Crippen LogP contribution is 2.35. The second kappa shape index (κ2) is 4.24. The quantitative estimate of drug-likeness (QED) is 0.370. The number of halogens is 3. The molecule has 3 rings (SSSR count). The van der Waals surface area contributed by atoms with Crippen LogP contribution >= 0.6 is 54.5 Å². The molecule has 0 aliphatic heterocycles. The lowest BCUT2D eigenvalue weighted by molar-refractivity contribution is 0.668. The third-order valence-corrected chi connectivity index (χ3v) is 5.94. The summed E-state index contributed by atoms with van der Waals surface area (Å²) in [4.78, 5) is 0. The summed E-state index contributed by atoms with van der Waals surface area (Å²) in [5.41, 5.74) is 3.06. The first kappa shape index (κ1) is 12.0. The molecule has 0 bridgehead atoms. The third kappa shape index (κ3) is 1.94. The minimum atomic E-state index is 0.935. The van der Waals surface area contributed by atoms with Crippen molar-refractivity contribution in [3.63, 3.8) is 0 Å². The molecule has 0 atom stereocenters. The van der Waals surface area contributed by atoms with Gasteiger partial charge in [0.15, 0.2) is 0 Å². The van der Waals surface area contributed by atoms with Gasteiger partial charge in [-0.1, -0.05) is 15.9 Å². The van der Waals surface area contributed by atoms with E-state index in [0.29, 0.717) is 0 Å². The van der Waals surface area contributed by atoms with Crippen molar-refractivity contribution in [1.82, 2.24) is 0 Å². The first-order valence-electron chi connectivity index (χ1n) is 5.03. The van der Waals surface area contributed by atoms with Gasteiger partial charge in [-0.2, -0.15) is 0 Å². The van der Waals surface area contributed by atoms with Crippen LogP contribution < -0.4 is 0 Å². The monoisotopic (exact) mass is 464 g/mol. The molecule has 4 heteroatoms. The molecule has 0 unspecified atom stereocenters. The van der Waals surface area contributed by atoms with Gasteiger partial charge in [0.25, 0.3) is 0 Å². The Morgan fingerprint density at radius 1 is 0.941 bits per heavy atom. The summed E-state index contributed by atoms with van der Waals surface area (Å²) >= 11 is 9.42. The van der Waals surface area contributed by atoms with Crippen molar-refractivity contribution in [2.24, 2.45) is 0 Å². The highest BCUT2D eigenvalue weighted by atomic mass is 127. The van der Waals surface area contributed by atoms with Gasteiger partial charge in [0.1, 0.15) is 11.2 Å². The average Bonchev–Trinajstić information content (AvgIpc) is 2.58. The molecule has 0 amide bonds. The van der Waals surface area contributed by atoms with Gasteiger partial charge in [-0.25, -0.2) is 0 Å². The molecule has 0 fully saturated rings. The van der Waals surface area contributed by atoms with Crippen LogP contribution in [0.3, 0.4) is 0 Å². The normalized spacial score (nSPS) is 11.5. The standard InChI is InChI=1S/C13H7Br2IO/c1-6-2-12-7(3-9(6)14)8-4-10(15)11(16)5-13(8)17-12/h2-5H,1H3. The van der Waals surface area contributed by atoms with E-state index in [1.807, 2.05) is 0 Å². The Labute approximate surface area is 129 Å². The van der Waals surface area contributed by atoms with E-state index in [9.17, 15) is 0 Å².